The number of amides is 1. The van der Waals surface area contributed by atoms with Crippen LogP contribution in [-0.4, -0.2) is 18.0 Å². The number of aldehydes is 1. The van der Waals surface area contributed by atoms with Crippen LogP contribution in [-0.2, 0) is 22.4 Å². The molecule has 0 saturated carbocycles. The van der Waals surface area contributed by atoms with Gasteiger partial charge in [-0.1, -0.05) is 24.3 Å². The predicted octanol–water partition coefficient (Wildman–Crippen LogP) is 2.23. The summed E-state index contributed by atoms with van der Waals surface area (Å²) in [5.74, 6) is 0. The Kier molecular flexibility index (Phi) is 4.89. The minimum atomic E-state index is -0.755. The molecule has 0 fully saturated rings. The van der Waals surface area contributed by atoms with E-state index in [0.717, 1.165) is 23.8 Å². The summed E-state index contributed by atoms with van der Waals surface area (Å²) < 4.78 is 5.02. The van der Waals surface area contributed by atoms with Gasteiger partial charge in [0.2, 0.25) is 0 Å². The van der Waals surface area contributed by atoms with Crippen LogP contribution < -0.4 is 5.73 Å². The van der Waals surface area contributed by atoms with E-state index in [9.17, 15) is 9.59 Å². The molecule has 1 aromatic rings. The Bertz CT molecular complexity index is 427. The van der Waals surface area contributed by atoms with Gasteiger partial charge in [-0.25, -0.2) is 4.79 Å². The molecule has 4 heteroatoms. The molecule has 0 aliphatic rings. The third kappa shape index (κ3) is 4.99. The average molecular weight is 249 g/mol. The molecule has 0 aliphatic heterocycles. The van der Waals surface area contributed by atoms with Gasteiger partial charge in [0.15, 0.2) is 0 Å². The number of benzene rings is 1. The molecular weight excluding hydrogens is 230 g/mol. The van der Waals surface area contributed by atoms with Crippen LogP contribution >= 0.6 is 0 Å². The third-order valence-electron chi connectivity index (χ3n) is 2.70. The number of rotatable bonds is 6. The molecule has 0 aliphatic carbocycles. The molecule has 0 unspecified atom stereocenters. The predicted molar refractivity (Wildman–Crippen MR) is 69.3 cm³/mol. The van der Waals surface area contributed by atoms with Crippen molar-refractivity contribution in [2.75, 3.05) is 0 Å². The van der Waals surface area contributed by atoms with E-state index in [4.69, 9.17) is 10.5 Å². The summed E-state index contributed by atoms with van der Waals surface area (Å²) >= 11 is 0. The fourth-order valence-electron chi connectivity index (χ4n) is 1.78. The second-order valence-electron chi connectivity index (χ2n) is 4.87. The fourth-order valence-corrected chi connectivity index (χ4v) is 1.78. The Labute approximate surface area is 107 Å². The van der Waals surface area contributed by atoms with Crippen LogP contribution in [0.1, 0.15) is 31.4 Å². The number of aryl methyl sites for hydroxylation is 1. The minimum Gasteiger partial charge on any atom is -0.444 e. The van der Waals surface area contributed by atoms with Crippen molar-refractivity contribution in [2.24, 2.45) is 5.73 Å². The Morgan fingerprint density at radius 3 is 2.67 bits per heavy atom. The Morgan fingerprint density at radius 2 is 2.06 bits per heavy atom. The smallest absolute Gasteiger partial charge is 0.405 e. The summed E-state index contributed by atoms with van der Waals surface area (Å²) in [6.45, 7) is 3.65. The molecule has 1 amide bonds. The van der Waals surface area contributed by atoms with Crippen LogP contribution in [0.25, 0.3) is 0 Å². The van der Waals surface area contributed by atoms with Crippen LogP contribution in [0.15, 0.2) is 24.3 Å². The van der Waals surface area contributed by atoms with Crippen LogP contribution in [0.3, 0.4) is 0 Å². The lowest BCUT2D eigenvalue weighted by atomic mass is 9.97. The minimum absolute atomic E-state index is 0.426. The summed E-state index contributed by atoms with van der Waals surface area (Å²) in [5.41, 5.74) is 6.55. The highest BCUT2D eigenvalue weighted by Gasteiger charge is 2.21. The number of hydrogen-bond acceptors (Lipinski definition) is 3. The third-order valence-corrected chi connectivity index (χ3v) is 2.70. The summed E-state index contributed by atoms with van der Waals surface area (Å²) in [7, 11) is 0. The Hall–Kier alpha value is -1.84. The summed E-state index contributed by atoms with van der Waals surface area (Å²) in [6.07, 6.45) is 2.01. The van der Waals surface area contributed by atoms with Gasteiger partial charge in [0.25, 0.3) is 0 Å². The fraction of sp³-hybridized carbons (Fsp3) is 0.429. The van der Waals surface area contributed by atoms with Gasteiger partial charge in [0.05, 0.1) is 0 Å². The first-order valence-electron chi connectivity index (χ1n) is 5.93. The molecule has 1 aromatic carbocycles. The van der Waals surface area contributed by atoms with Gasteiger partial charge in [-0.2, -0.15) is 0 Å². The average Bonchev–Trinajstić information content (AvgIpc) is 2.26. The summed E-state index contributed by atoms with van der Waals surface area (Å²) in [6, 6.07) is 7.84. The van der Waals surface area contributed by atoms with Crippen LogP contribution in [0.2, 0.25) is 0 Å². The van der Waals surface area contributed by atoms with Gasteiger partial charge >= 0.3 is 6.09 Å². The molecule has 1 rings (SSSR count). The highest BCUT2D eigenvalue weighted by atomic mass is 16.6. The molecule has 0 spiro atoms. The Balaban J connectivity index is 2.59. The standard InChI is InChI=1S/C14H19NO3/c1-14(2,18-13(15)17)8-6-11-4-3-5-12(10-11)7-9-16/h3-5,9-10H,6-8H2,1-2H3,(H2,15,17). The molecule has 0 bridgehead atoms. The summed E-state index contributed by atoms with van der Waals surface area (Å²) in [5, 5.41) is 0. The molecule has 2 N–H and O–H groups in total. The van der Waals surface area contributed by atoms with Gasteiger partial charge in [-0.05, 0) is 37.8 Å². The zero-order valence-corrected chi connectivity index (χ0v) is 10.8. The Morgan fingerprint density at radius 1 is 1.39 bits per heavy atom. The monoisotopic (exact) mass is 249 g/mol. The summed E-state index contributed by atoms with van der Waals surface area (Å²) in [4.78, 5) is 21.2. The number of nitrogens with two attached hydrogens (primary N) is 1. The van der Waals surface area contributed by atoms with Crippen LogP contribution in [0, 0.1) is 0 Å². The molecule has 98 valence electrons. The van der Waals surface area contributed by atoms with Gasteiger partial charge in [0.1, 0.15) is 11.9 Å². The van der Waals surface area contributed by atoms with Crippen molar-refractivity contribution in [3.8, 4) is 0 Å². The zero-order chi connectivity index (χ0) is 13.6. The van der Waals surface area contributed by atoms with E-state index in [-0.39, 0.29) is 0 Å². The van der Waals surface area contributed by atoms with Gasteiger partial charge in [-0.15, -0.1) is 0 Å². The molecule has 0 aromatic heterocycles. The largest absolute Gasteiger partial charge is 0.444 e. The first-order chi connectivity index (χ1) is 8.43. The van der Waals surface area contributed by atoms with Crippen LogP contribution in [0.4, 0.5) is 4.79 Å². The number of ether oxygens (including phenoxy) is 1. The first-order valence-corrected chi connectivity index (χ1v) is 5.93. The van der Waals surface area contributed by atoms with E-state index in [1.165, 1.54) is 0 Å². The van der Waals surface area contributed by atoms with Gasteiger partial charge in [0, 0.05) is 6.42 Å². The van der Waals surface area contributed by atoms with E-state index in [2.05, 4.69) is 0 Å². The van der Waals surface area contributed by atoms with Crippen molar-refractivity contribution < 1.29 is 14.3 Å². The number of primary amides is 1. The second-order valence-corrected chi connectivity index (χ2v) is 4.87. The van der Waals surface area contributed by atoms with Crippen molar-refractivity contribution in [3.05, 3.63) is 35.4 Å². The van der Waals surface area contributed by atoms with E-state index >= 15 is 0 Å². The van der Waals surface area contributed by atoms with Crippen molar-refractivity contribution in [1.82, 2.24) is 0 Å². The maximum atomic E-state index is 10.7. The number of carbonyl (C=O) groups is 2. The lowest BCUT2D eigenvalue weighted by molar-refractivity contribution is -0.107. The van der Waals surface area contributed by atoms with Crippen molar-refractivity contribution in [1.29, 1.82) is 0 Å². The van der Waals surface area contributed by atoms with Crippen molar-refractivity contribution >= 4 is 12.4 Å². The molecular formula is C14H19NO3. The van der Waals surface area contributed by atoms with E-state index < -0.39 is 11.7 Å². The molecule has 0 radical (unpaired) electrons. The normalized spacial score (nSPS) is 11.0. The SMILES string of the molecule is CC(C)(CCc1cccc(CC=O)c1)OC(N)=O. The molecule has 0 saturated heterocycles. The maximum absolute atomic E-state index is 10.7. The quantitative estimate of drug-likeness (QED) is 0.786. The van der Waals surface area contributed by atoms with Crippen LogP contribution in [0.5, 0.6) is 0 Å². The van der Waals surface area contributed by atoms with Gasteiger partial charge < -0.3 is 15.3 Å². The van der Waals surface area contributed by atoms with E-state index in [0.29, 0.717) is 12.8 Å². The zero-order valence-electron chi connectivity index (χ0n) is 10.8. The molecule has 0 atom stereocenters. The number of carbonyl (C=O) groups excluding carboxylic acids is 2. The van der Waals surface area contributed by atoms with E-state index in [1.54, 1.807) is 0 Å². The van der Waals surface area contributed by atoms with Crippen molar-refractivity contribution in [3.63, 3.8) is 0 Å². The number of hydrogen-bond donors (Lipinski definition) is 1. The molecule has 4 nitrogen and oxygen atoms in total. The highest BCUT2D eigenvalue weighted by molar-refractivity contribution is 5.65. The lowest BCUT2D eigenvalue weighted by Gasteiger charge is -2.23. The highest BCUT2D eigenvalue weighted by Crippen LogP contribution is 2.18. The maximum Gasteiger partial charge on any atom is 0.405 e. The first kappa shape index (κ1) is 14.2. The molecule has 0 heterocycles. The molecule has 18 heavy (non-hydrogen) atoms. The topological polar surface area (TPSA) is 69.4 Å². The van der Waals surface area contributed by atoms with Crippen molar-refractivity contribution in [2.45, 2.75) is 38.7 Å². The van der Waals surface area contributed by atoms with Gasteiger partial charge in [-0.3, -0.25) is 0 Å². The lowest BCUT2D eigenvalue weighted by Crippen LogP contribution is -2.31. The second kappa shape index (κ2) is 6.19. The van der Waals surface area contributed by atoms with E-state index in [1.807, 2.05) is 38.1 Å².